The molecule has 1 saturated heterocycles. The maximum absolute atomic E-state index is 6.01. The molecule has 0 spiro atoms. The number of hydrogen-bond donors (Lipinski definition) is 1. The summed E-state index contributed by atoms with van der Waals surface area (Å²) in [6.07, 6.45) is 6.60. The van der Waals surface area contributed by atoms with E-state index in [4.69, 9.17) is 22.1 Å². The number of pyridine rings is 1. The fourth-order valence-electron chi connectivity index (χ4n) is 2.18. The van der Waals surface area contributed by atoms with Gasteiger partial charge in [-0.2, -0.15) is 0 Å². The van der Waals surface area contributed by atoms with Crippen LogP contribution in [-0.4, -0.2) is 42.1 Å². The molecule has 2 N–H and O–H groups in total. The Bertz CT molecular complexity index is 445. The van der Waals surface area contributed by atoms with Gasteiger partial charge in [-0.15, -0.1) is 0 Å². The summed E-state index contributed by atoms with van der Waals surface area (Å²) >= 11 is 5.95. The van der Waals surface area contributed by atoms with Gasteiger partial charge in [-0.1, -0.05) is 24.4 Å². The number of nitrogens with two attached hydrogens (primary N) is 1. The second-order valence-corrected chi connectivity index (χ2v) is 5.19. The lowest BCUT2D eigenvalue weighted by atomic mass is 10.2. The molecule has 1 fully saturated rings. The van der Waals surface area contributed by atoms with Crippen molar-refractivity contribution in [3.05, 3.63) is 23.4 Å². The summed E-state index contributed by atoms with van der Waals surface area (Å²) in [5.41, 5.74) is 6.01. The van der Waals surface area contributed by atoms with Crippen LogP contribution in [0.1, 0.15) is 25.7 Å². The Morgan fingerprint density at radius 2 is 2.10 bits per heavy atom. The Labute approximate surface area is 124 Å². The van der Waals surface area contributed by atoms with E-state index in [1.807, 2.05) is 0 Å². The van der Waals surface area contributed by atoms with Crippen LogP contribution in [0.25, 0.3) is 0 Å². The van der Waals surface area contributed by atoms with Crippen LogP contribution in [0.4, 0.5) is 0 Å². The quantitative estimate of drug-likeness (QED) is 0.526. The molecule has 1 aliphatic heterocycles. The van der Waals surface area contributed by atoms with Crippen molar-refractivity contribution in [3.63, 3.8) is 0 Å². The standard InChI is InChI=1S/C14H21ClN4O/c15-12-6-5-7-17-13(12)20-11-8-18-14(16)19-9-3-1-2-4-10-19/h5-7H,1-4,8-11H2,(H2,16,18). The van der Waals surface area contributed by atoms with Crippen molar-refractivity contribution in [1.82, 2.24) is 9.88 Å². The zero-order valence-electron chi connectivity index (χ0n) is 11.6. The normalized spacial score (nSPS) is 16.9. The second-order valence-electron chi connectivity index (χ2n) is 4.78. The molecule has 0 atom stereocenters. The zero-order valence-corrected chi connectivity index (χ0v) is 12.4. The van der Waals surface area contributed by atoms with E-state index in [-0.39, 0.29) is 0 Å². The van der Waals surface area contributed by atoms with E-state index in [1.165, 1.54) is 25.7 Å². The van der Waals surface area contributed by atoms with Crippen LogP contribution < -0.4 is 10.5 Å². The summed E-state index contributed by atoms with van der Waals surface area (Å²) in [7, 11) is 0. The topological polar surface area (TPSA) is 63.7 Å². The lowest BCUT2D eigenvalue weighted by molar-refractivity contribution is 0.315. The van der Waals surface area contributed by atoms with Gasteiger partial charge < -0.3 is 15.4 Å². The molecule has 0 amide bonds. The molecule has 2 heterocycles. The van der Waals surface area contributed by atoms with E-state index in [1.54, 1.807) is 18.3 Å². The molecule has 5 nitrogen and oxygen atoms in total. The Balaban J connectivity index is 1.76. The molecule has 1 aliphatic rings. The number of rotatable bonds is 4. The summed E-state index contributed by atoms with van der Waals surface area (Å²) in [5.74, 6) is 1.06. The Morgan fingerprint density at radius 1 is 1.35 bits per heavy atom. The fraction of sp³-hybridized carbons (Fsp3) is 0.571. The molecule has 6 heteroatoms. The fourth-order valence-corrected chi connectivity index (χ4v) is 2.36. The third-order valence-electron chi connectivity index (χ3n) is 3.26. The maximum Gasteiger partial charge on any atom is 0.232 e. The van der Waals surface area contributed by atoms with Crippen LogP contribution in [0.3, 0.4) is 0 Å². The van der Waals surface area contributed by atoms with Gasteiger partial charge >= 0.3 is 0 Å². The van der Waals surface area contributed by atoms with Crippen LogP contribution in [0, 0.1) is 0 Å². The van der Waals surface area contributed by atoms with E-state index in [2.05, 4.69) is 14.9 Å². The molecule has 1 aromatic rings. The summed E-state index contributed by atoms with van der Waals surface area (Å²) in [6, 6.07) is 3.52. The number of guanidine groups is 1. The van der Waals surface area contributed by atoms with E-state index in [9.17, 15) is 0 Å². The van der Waals surface area contributed by atoms with Gasteiger partial charge in [0.15, 0.2) is 5.96 Å². The number of aromatic nitrogens is 1. The minimum absolute atomic E-state index is 0.422. The second kappa shape index (κ2) is 7.94. The van der Waals surface area contributed by atoms with Gasteiger partial charge in [-0.25, -0.2) is 9.98 Å². The van der Waals surface area contributed by atoms with Gasteiger partial charge in [0.05, 0.1) is 6.54 Å². The number of hydrogen-bond acceptors (Lipinski definition) is 3. The van der Waals surface area contributed by atoms with Crippen molar-refractivity contribution in [2.75, 3.05) is 26.2 Å². The lowest BCUT2D eigenvalue weighted by Crippen LogP contribution is -2.38. The molecular weight excluding hydrogens is 276 g/mol. The third kappa shape index (κ3) is 4.56. The molecule has 0 aliphatic carbocycles. The molecule has 1 aromatic heterocycles. The van der Waals surface area contributed by atoms with Crippen molar-refractivity contribution in [2.24, 2.45) is 10.7 Å². The van der Waals surface area contributed by atoms with Crippen molar-refractivity contribution in [1.29, 1.82) is 0 Å². The number of nitrogens with zero attached hydrogens (tertiary/aromatic N) is 3. The summed E-state index contributed by atoms with van der Waals surface area (Å²) in [4.78, 5) is 10.6. The van der Waals surface area contributed by atoms with Crippen molar-refractivity contribution < 1.29 is 4.74 Å². The highest BCUT2D eigenvalue weighted by molar-refractivity contribution is 6.31. The van der Waals surface area contributed by atoms with Crippen LogP contribution >= 0.6 is 11.6 Å². The third-order valence-corrected chi connectivity index (χ3v) is 3.55. The van der Waals surface area contributed by atoms with Gasteiger partial charge in [-0.05, 0) is 25.0 Å². The van der Waals surface area contributed by atoms with Gasteiger partial charge in [0, 0.05) is 19.3 Å². The number of ether oxygens (including phenoxy) is 1. The monoisotopic (exact) mass is 296 g/mol. The number of halogens is 1. The number of aliphatic imine (C=N–C) groups is 1. The first-order valence-electron chi connectivity index (χ1n) is 7.05. The highest BCUT2D eigenvalue weighted by Crippen LogP contribution is 2.19. The van der Waals surface area contributed by atoms with Gasteiger partial charge in [-0.3, -0.25) is 0 Å². The molecular formula is C14H21ClN4O. The van der Waals surface area contributed by atoms with E-state index >= 15 is 0 Å². The van der Waals surface area contributed by atoms with Crippen LogP contribution in [-0.2, 0) is 0 Å². The Hall–Kier alpha value is -1.49. The minimum atomic E-state index is 0.422. The van der Waals surface area contributed by atoms with E-state index in [0.29, 0.717) is 30.0 Å². The molecule has 0 aromatic carbocycles. The smallest absolute Gasteiger partial charge is 0.232 e. The first-order chi connectivity index (χ1) is 9.77. The lowest BCUT2D eigenvalue weighted by Gasteiger charge is -2.21. The maximum atomic E-state index is 6.01. The number of likely N-dealkylation sites (tertiary alicyclic amines) is 1. The Kier molecular flexibility index (Phi) is 5.92. The highest BCUT2D eigenvalue weighted by atomic mass is 35.5. The molecule has 0 radical (unpaired) electrons. The Morgan fingerprint density at radius 3 is 2.80 bits per heavy atom. The molecule has 0 unspecified atom stereocenters. The van der Waals surface area contributed by atoms with Crippen molar-refractivity contribution >= 4 is 17.6 Å². The van der Waals surface area contributed by atoms with Crippen LogP contribution in [0.15, 0.2) is 23.3 Å². The average Bonchev–Trinajstić information content (AvgIpc) is 2.74. The molecule has 0 saturated carbocycles. The summed E-state index contributed by atoms with van der Waals surface area (Å²) < 4.78 is 5.47. The van der Waals surface area contributed by atoms with Gasteiger partial charge in [0.1, 0.15) is 11.6 Å². The van der Waals surface area contributed by atoms with E-state index in [0.717, 1.165) is 13.1 Å². The highest BCUT2D eigenvalue weighted by Gasteiger charge is 2.10. The van der Waals surface area contributed by atoms with Crippen molar-refractivity contribution in [3.8, 4) is 5.88 Å². The molecule has 110 valence electrons. The minimum Gasteiger partial charge on any atom is -0.475 e. The summed E-state index contributed by atoms with van der Waals surface area (Å²) in [5, 5.41) is 0.511. The zero-order chi connectivity index (χ0) is 14.2. The van der Waals surface area contributed by atoms with Gasteiger partial charge in [0.2, 0.25) is 5.88 Å². The summed E-state index contributed by atoms with van der Waals surface area (Å²) in [6.45, 7) is 2.94. The van der Waals surface area contributed by atoms with E-state index < -0.39 is 0 Å². The first kappa shape index (κ1) is 14.9. The largest absolute Gasteiger partial charge is 0.475 e. The van der Waals surface area contributed by atoms with Crippen molar-refractivity contribution in [2.45, 2.75) is 25.7 Å². The average molecular weight is 297 g/mol. The molecule has 2 rings (SSSR count). The predicted octanol–water partition coefficient (Wildman–Crippen LogP) is 2.30. The predicted molar refractivity (Wildman–Crippen MR) is 81.3 cm³/mol. The molecule has 20 heavy (non-hydrogen) atoms. The first-order valence-corrected chi connectivity index (χ1v) is 7.43. The molecule has 0 bridgehead atoms. The van der Waals surface area contributed by atoms with Crippen LogP contribution in [0.5, 0.6) is 5.88 Å². The van der Waals surface area contributed by atoms with Crippen LogP contribution in [0.2, 0.25) is 5.02 Å². The SMILES string of the molecule is NC(=NCCOc1ncccc1Cl)N1CCCCCC1. The van der Waals surface area contributed by atoms with Gasteiger partial charge in [0.25, 0.3) is 0 Å².